The molecule has 0 unspecified atom stereocenters. The van der Waals surface area contributed by atoms with E-state index in [0.29, 0.717) is 0 Å². The Balaban J connectivity index is 0.922. The van der Waals surface area contributed by atoms with Gasteiger partial charge in [0.15, 0.2) is 0 Å². The minimum Gasteiger partial charge on any atom is -0.381 e. The van der Waals surface area contributed by atoms with Gasteiger partial charge in [-0.05, 0) is 160 Å². The van der Waals surface area contributed by atoms with Gasteiger partial charge in [0, 0.05) is 24.0 Å². The minimum atomic E-state index is -0.510. The van der Waals surface area contributed by atoms with Gasteiger partial charge in [-0.25, -0.2) is 17.6 Å². The van der Waals surface area contributed by atoms with Crippen LogP contribution in [0, 0.1) is 58.8 Å². The van der Waals surface area contributed by atoms with Crippen LogP contribution >= 0.6 is 0 Å². The van der Waals surface area contributed by atoms with E-state index in [-0.39, 0.29) is 49.0 Å². The zero-order valence-corrected chi connectivity index (χ0v) is 30.4. The standard InChI is InChI=1S/C44H62F4O/c1-3-29-5-9-31(10-6-29)33-13-17-35(18-14-33)37-25-41(45)39(42(46)26-37)21-23-49-24-22-40-43(47)27-38(28-44(40)48)36-19-15-34(16-20-36)32-11-7-30(4-2)8-12-32/h25-36H,3-24H2,1-2H3. The second-order valence-electron chi connectivity index (χ2n) is 16.6. The molecular formula is C44H62F4O. The number of rotatable bonds is 12. The van der Waals surface area contributed by atoms with E-state index >= 15 is 17.6 Å². The van der Waals surface area contributed by atoms with Crippen molar-refractivity contribution in [1.82, 2.24) is 0 Å². The third-order valence-corrected chi connectivity index (χ3v) is 14.1. The number of ether oxygens (including phenoxy) is 1. The van der Waals surface area contributed by atoms with Crippen molar-refractivity contribution in [1.29, 1.82) is 0 Å². The maximum absolute atomic E-state index is 15.1. The van der Waals surface area contributed by atoms with Crippen molar-refractivity contribution in [3.05, 3.63) is 69.8 Å². The molecule has 2 aromatic carbocycles. The van der Waals surface area contributed by atoms with E-state index in [9.17, 15) is 0 Å². The largest absolute Gasteiger partial charge is 0.381 e. The highest BCUT2D eigenvalue weighted by atomic mass is 19.1. The molecule has 49 heavy (non-hydrogen) atoms. The molecule has 0 saturated heterocycles. The molecule has 4 aliphatic carbocycles. The molecule has 0 radical (unpaired) electrons. The summed E-state index contributed by atoms with van der Waals surface area (Å²) in [5.74, 6) is 3.42. The molecule has 0 bridgehead atoms. The molecule has 5 heteroatoms. The topological polar surface area (TPSA) is 9.23 Å². The van der Waals surface area contributed by atoms with Crippen molar-refractivity contribution in [3.8, 4) is 0 Å². The predicted molar refractivity (Wildman–Crippen MR) is 192 cm³/mol. The van der Waals surface area contributed by atoms with Gasteiger partial charge in [-0.2, -0.15) is 0 Å². The van der Waals surface area contributed by atoms with Crippen LogP contribution in [0.1, 0.15) is 164 Å². The molecule has 1 nitrogen and oxygen atoms in total. The number of hydrogen-bond donors (Lipinski definition) is 0. The summed E-state index contributed by atoms with van der Waals surface area (Å²) in [6.07, 6.45) is 22.3. The number of hydrogen-bond acceptors (Lipinski definition) is 1. The van der Waals surface area contributed by atoms with E-state index < -0.39 is 23.3 Å². The molecule has 0 atom stereocenters. The van der Waals surface area contributed by atoms with Gasteiger partial charge in [-0.1, -0.05) is 52.4 Å². The lowest BCUT2D eigenvalue weighted by molar-refractivity contribution is 0.137. The van der Waals surface area contributed by atoms with Gasteiger partial charge in [-0.3, -0.25) is 0 Å². The molecule has 0 N–H and O–H groups in total. The highest BCUT2D eigenvalue weighted by molar-refractivity contribution is 5.30. The Labute approximate surface area is 294 Å². The smallest absolute Gasteiger partial charge is 0.129 e. The summed E-state index contributed by atoms with van der Waals surface area (Å²) in [6, 6.07) is 6.14. The summed E-state index contributed by atoms with van der Waals surface area (Å²) < 4.78 is 66.1. The van der Waals surface area contributed by atoms with E-state index in [0.717, 1.165) is 98.0 Å². The van der Waals surface area contributed by atoms with Crippen molar-refractivity contribution < 1.29 is 22.3 Å². The molecule has 4 saturated carbocycles. The summed E-state index contributed by atoms with van der Waals surface area (Å²) in [4.78, 5) is 0. The zero-order chi connectivity index (χ0) is 34.3. The first-order chi connectivity index (χ1) is 23.8. The lowest BCUT2D eigenvalue weighted by Crippen LogP contribution is -2.25. The number of halogens is 4. The average molecular weight is 683 g/mol. The molecule has 0 heterocycles. The summed E-state index contributed by atoms with van der Waals surface area (Å²) in [6.45, 7) is 4.81. The van der Waals surface area contributed by atoms with E-state index in [1.54, 1.807) is 0 Å². The molecule has 4 fully saturated rings. The maximum Gasteiger partial charge on any atom is 0.129 e. The molecule has 4 aliphatic rings. The van der Waals surface area contributed by atoms with Crippen molar-refractivity contribution in [2.24, 2.45) is 35.5 Å². The lowest BCUT2D eigenvalue weighted by Gasteiger charge is -2.38. The molecule has 0 amide bonds. The van der Waals surface area contributed by atoms with Crippen molar-refractivity contribution in [3.63, 3.8) is 0 Å². The van der Waals surface area contributed by atoms with Crippen molar-refractivity contribution in [2.45, 2.75) is 154 Å². The SMILES string of the molecule is CCC1CCC(C2CCC(c3cc(F)c(CCOCCc4c(F)cc(C5CCC(C6CCC(CC)CC6)CC5)cc4F)c(F)c3)CC2)CC1. The van der Waals surface area contributed by atoms with Crippen LogP contribution in [0.3, 0.4) is 0 Å². The van der Waals surface area contributed by atoms with Crippen LogP contribution in [0.5, 0.6) is 0 Å². The Morgan fingerprint density at radius 1 is 0.449 bits per heavy atom. The van der Waals surface area contributed by atoms with Gasteiger partial charge in [0.25, 0.3) is 0 Å². The van der Waals surface area contributed by atoms with Crippen LogP contribution in [-0.4, -0.2) is 13.2 Å². The van der Waals surface area contributed by atoms with Crippen LogP contribution in [0.15, 0.2) is 24.3 Å². The van der Waals surface area contributed by atoms with Crippen molar-refractivity contribution in [2.75, 3.05) is 13.2 Å². The maximum atomic E-state index is 15.1. The fourth-order valence-electron chi connectivity index (χ4n) is 10.6. The van der Waals surface area contributed by atoms with E-state index in [4.69, 9.17) is 4.74 Å². The van der Waals surface area contributed by atoms with Crippen LogP contribution in [0.4, 0.5) is 17.6 Å². The Morgan fingerprint density at radius 3 is 1.02 bits per heavy atom. The molecule has 0 spiro atoms. The normalized spacial score (nSPS) is 31.1. The van der Waals surface area contributed by atoms with Gasteiger partial charge in [-0.15, -0.1) is 0 Å². The second kappa shape index (κ2) is 17.6. The summed E-state index contributed by atoms with van der Waals surface area (Å²) >= 11 is 0. The van der Waals surface area contributed by atoms with E-state index in [2.05, 4.69) is 13.8 Å². The van der Waals surface area contributed by atoms with E-state index in [1.807, 2.05) is 0 Å². The van der Waals surface area contributed by atoms with Gasteiger partial charge in [0.2, 0.25) is 0 Å². The van der Waals surface area contributed by atoms with Gasteiger partial charge in [0.1, 0.15) is 23.3 Å². The number of benzene rings is 2. The van der Waals surface area contributed by atoms with Crippen LogP contribution in [0.25, 0.3) is 0 Å². The summed E-state index contributed by atoms with van der Waals surface area (Å²) in [7, 11) is 0. The van der Waals surface area contributed by atoms with Crippen LogP contribution < -0.4 is 0 Å². The molecule has 0 aliphatic heterocycles. The first-order valence-corrected chi connectivity index (χ1v) is 20.4. The Bertz CT molecular complexity index is 1180. The monoisotopic (exact) mass is 682 g/mol. The second-order valence-corrected chi connectivity index (χ2v) is 16.6. The minimum absolute atomic E-state index is 0.0372. The summed E-state index contributed by atoms with van der Waals surface area (Å²) in [5.41, 5.74) is 1.64. The van der Waals surface area contributed by atoms with E-state index in [1.165, 1.54) is 88.5 Å². The Kier molecular flexibility index (Phi) is 13.2. The predicted octanol–water partition coefficient (Wildman–Crippen LogP) is 13.0. The van der Waals surface area contributed by atoms with Crippen LogP contribution in [-0.2, 0) is 17.6 Å². The Hall–Kier alpha value is -1.88. The first-order valence-electron chi connectivity index (χ1n) is 20.4. The quantitative estimate of drug-likeness (QED) is 0.160. The fourth-order valence-corrected chi connectivity index (χ4v) is 10.6. The van der Waals surface area contributed by atoms with Gasteiger partial charge >= 0.3 is 0 Å². The van der Waals surface area contributed by atoms with Crippen LogP contribution in [0.2, 0.25) is 0 Å². The highest BCUT2D eigenvalue weighted by Crippen LogP contribution is 2.46. The first kappa shape index (κ1) is 36.9. The molecule has 272 valence electrons. The third kappa shape index (κ3) is 9.32. The lowest BCUT2D eigenvalue weighted by atomic mass is 9.68. The summed E-state index contributed by atoms with van der Waals surface area (Å²) in [5, 5.41) is 0. The van der Waals surface area contributed by atoms with Gasteiger partial charge < -0.3 is 4.74 Å². The Morgan fingerprint density at radius 2 is 0.735 bits per heavy atom. The zero-order valence-electron chi connectivity index (χ0n) is 30.4. The third-order valence-electron chi connectivity index (χ3n) is 14.1. The molecular weight excluding hydrogens is 620 g/mol. The molecule has 6 rings (SSSR count). The average Bonchev–Trinajstić information content (AvgIpc) is 3.13. The molecule has 0 aromatic heterocycles. The molecule has 2 aromatic rings. The fraction of sp³-hybridized carbons (Fsp3) is 0.727. The highest BCUT2D eigenvalue weighted by Gasteiger charge is 2.33. The van der Waals surface area contributed by atoms with Gasteiger partial charge in [0.05, 0.1) is 13.2 Å². The van der Waals surface area contributed by atoms with Crippen molar-refractivity contribution >= 4 is 0 Å².